The molecule has 1 aliphatic rings. The molecule has 1 aromatic rings. The molecule has 0 aliphatic heterocycles. The minimum atomic E-state index is -0.439. The van der Waals surface area contributed by atoms with Crippen LogP contribution in [0.2, 0.25) is 0 Å². The highest BCUT2D eigenvalue weighted by Gasteiger charge is 2.36. The molecule has 0 spiro atoms. The van der Waals surface area contributed by atoms with E-state index in [4.69, 9.17) is 5.26 Å². The number of nitriles is 1. The molecule has 0 saturated carbocycles. The van der Waals surface area contributed by atoms with Crippen molar-refractivity contribution in [3.05, 3.63) is 15.6 Å². The largest absolute Gasteiger partial charge is 0.244 e. The van der Waals surface area contributed by atoms with Gasteiger partial charge < -0.3 is 0 Å². The number of fused-ring (bicyclic) bond motifs is 1. The number of thiazole rings is 1. The lowest BCUT2D eigenvalue weighted by Crippen LogP contribution is -2.17. The number of aromatic nitrogens is 1. The highest BCUT2D eigenvalue weighted by molar-refractivity contribution is 7.12. The molecule has 15 heavy (non-hydrogen) atoms. The van der Waals surface area contributed by atoms with Crippen LogP contribution in [0.1, 0.15) is 49.7 Å². The molecule has 0 N–H and O–H groups in total. The SMILES string of the molecule is CC(C)(C#N)c1nc2c(s1)CCC2(C)C. The fraction of sp³-hybridized carbons (Fsp3) is 0.667. The van der Waals surface area contributed by atoms with Gasteiger partial charge in [-0.3, -0.25) is 0 Å². The second kappa shape index (κ2) is 3.05. The van der Waals surface area contributed by atoms with Crippen LogP contribution >= 0.6 is 11.3 Å². The predicted molar refractivity (Wildman–Crippen MR) is 62.1 cm³/mol. The maximum absolute atomic E-state index is 9.09. The number of nitrogens with zero attached hydrogens (tertiary/aromatic N) is 2. The second-order valence-corrected chi connectivity index (χ2v) is 6.50. The molecule has 1 aromatic heterocycles. The van der Waals surface area contributed by atoms with Crippen LogP contribution in [-0.4, -0.2) is 4.98 Å². The summed E-state index contributed by atoms with van der Waals surface area (Å²) in [6.45, 7) is 8.35. The first kappa shape index (κ1) is 10.6. The van der Waals surface area contributed by atoms with E-state index >= 15 is 0 Å². The summed E-state index contributed by atoms with van der Waals surface area (Å²) in [4.78, 5) is 6.07. The Kier molecular flexibility index (Phi) is 2.16. The fourth-order valence-electron chi connectivity index (χ4n) is 1.91. The van der Waals surface area contributed by atoms with Crippen molar-refractivity contribution in [2.24, 2.45) is 0 Å². The molecule has 0 radical (unpaired) electrons. The van der Waals surface area contributed by atoms with Crippen LogP contribution in [0.3, 0.4) is 0 Å². The zero-order chi connectivity index (χ0) is 11.3. The normalized spacial score (nSPS) is 18.6. The van der Waals surface area contributed by atoms with Crippen molar-refractivity contribution in [1.82, 2.24) is 4.98 Å². The summed E-state index contributed by atoms with van der Waals surface area (Å²) in [5, 5.41) is 10.1. The average Bonchev–Trinajstić information content (AvgIpc) is 2.68. The summed E-state index contributed by atoms with van der Waals surface area (Å²) in [5.74, 6) is 0. The average molecular weight is 220 g/mol. The highest BCUT2D eigenvalue weighted by atomic mass is 32.1. The van der Waals surface area contributed by atoms with Gasteiger partial charge in [-0.05, 0) is 26.7 Å². The van der Waals surface area contributed by atoms with Crippen molar-refractivity contribution < 1.29 is 0 Å². The van der Waals surface area contributed by atoms with Gasteiger partial charge in [0, 0.05) is 10.3 Å². The number of rotatable bonds is 1. The Morgan fingerprint density at radius 3 is 2.67 bits per heavy atom. The Hall–Kier alpha value is -0.880. The fourth-order valence-corrected chi connectivity index (χ4v) is 3.20. The molecule has 0 bridgehead atoms. The molecule has 1 heterocycles. The third-order valence-electron chi connectivity index (χ3n) is 3.13. The van der Waals surface area contributed by atoms with Crippen LogP contribution in [0.15, 0.2) is 0 Å². The van der Waals surface area contributed by atoms with Gasteiger partial charge >= 0.3 is 0 Å². The van der Waals surface area contributed by atoms with Gasteiger partial charge in [-0.1, -0.05) is 13.8 Å². The maximum Gasteiger partial charge on any atom is 0.113 e. The standard InChI is InChI=1S/C12H16N2S/c1-11(2)6-5-8-9(11)14-10(15-8)12(3,4)7-13/h5-6H2,1-4H3. The van der Waals surface area contributed by atoms with E-state index in [2.05, 4.69) is 24.9 Å². The Balaban J connectivity index is 2.47. The second-order valence-electron chi connectivity index (χ2n) is 5.41. The van der Waals surface area contributed by atoms with Crippen LogP contribution in [0.4, 0.5) is 0 Å². The van der Waals surface area contributed by atoms with Gasteiger partial charge in [0.1, 0.15) is 10.4 Å². The zero-order valence-electron chi connectivity index (χ0n) is 9.72. The van der Waals surface area contributed by atoms with E-state index in [0.717, 1.165) is 11.4 Å². The Labute approximate surface area is 95.0 Å². The Morgan fingerprint density at radius 1 is 1.47 bits per heavy atom. The van der Waals surface area contributed by atoms with Crippen molar-refractivity contribution >= 4 is 11.3 Å². The van der Waals surface area contributed by atoms with Gasteiger partial charge in [0.25, 0.3) is 0 Å². The minimum absolute atomic E-state index is 0.204. The van der Waals surface area contributed by atoms with Crippen LogP contribution in [0.5, 0.6) is 0 Å². The Morgan fingerprint density at radius 2 is 2.13 bits per heavy atom. The van der Waals surface area contributed by atoms with E-state index in [0.29, 0.717) is 0 Å². The van der Waals surface area contributed by atoms with Gasteiger partial charge in [0.15, 0.2) is 0 Å². The van der Waals surface area contributed by atoms with Crippen LogP contribution in [0.25, 0.3) is 0 Å². The first-order chi connectivity index (χ1) is 6.87. The molecule has 80 valence electrons. The number of hydrogen-bond donors (Lipinski definition) is 0. The smallest absolute Gasteiger partial charge is 0.113 e. The summed E-state index contributed by atoms with van der Waals surface area (Å²) in [6.07, 6.45) is 2.32. The zero-order valence-corrected chi connectivity index (χ0v) is 10.5. The third kappa shape index (κ3) is 1.57. The van der Waals surface area contributed by atoms with Gasteiger partial charge in [-0.2, -0.15) is 5.26 Å². The van der Waals surface area contributed by atoms with Crippen molar-refractivity contribution in [3.8, 4) is 6.07 Å². The molecule has 1 aliphatic carbocycles. The van der Waals surface area contributed by atoms with E-state index in [9.17, 15) is 0 Å². The van der Waals surface area contributed by atoms with Crippen molar-refractivity contribution in [1.29, 1.82) is 5.26 Å². The molecule has 0 unspecified atom stereocenters. The van der Waals surface area contributed by atoms with E-state index in [-0.39, 0.29) is 5.41 Å². The lowest BCUT2D eigenvalue weighted by Gasteiger charge is -2.17. The quantitative estimate of drug-likeness (QED) is 0.729. The third-order valence-corrected chi connectivity index (χ3v) is 4.57. The summed E-state index contributed by atoms with van der Waals surface area (Å²) in [6, 6.07) is 2.32. The van der Waals surface area contributed by atoms with E-state index in [1.54, 1.807) is 11.3 Å². The molecule has 0 amide bonds. The highest BCUT2D eigenvalue weighted by Crippen LogP contribution is 2.42. The first-order valence-electron chi connectivity index (χ1n) is 5.29. The predicted octanol–water partition coefficient (Wildman–Crippen LogP) is 3.17. The first-order valence-corrected chi connectivity index (χ1v) is 6.10. The molecule has 0 atom stereocenters. The summed E-state index contributed by atoms with van der Waals surface area (Å²) < 4.78 is 0. The van der Waals surface area contributed by atoms with Gasteiger partial charge in [0.2, 0.25) is 0 Å². The molecular weight excluding hydrogens is 204 g/mol. The van der Waals surface area contributed by atoms with Gasteiger partial charge in [-0.25, -0.2) is 4.98 Å². The number of aryl methyl sites for hydroxylation is 1. The molecule has 2 nitrogen and oxygen atoms in total. The lowest BCUT2D eigenvalue weighted by molar-refractivity contribution is 0.505. The van der Waals surface area contributed by atoms with Gasteiger partial charge in [0.05, 0.1) is 11.8 Å². The molecule has 0 aromatic carbocycles. The maximum atomic E-state index is 9.09. The van der Waals surface area contributed by atoms with E-state index in [1.165, 1.54) is 17.0 Å². The summed E-state index contributed by atoms with van der Waals surface area (Å²) in [7, 11) is 0. The molecule has 3 heteroatoms. The Bertz CT molecular complexity index is 435. The van der Waals surface area contributed by atoms with E-state index in [1.807, 2.05) is 13.8 Å². The lowest BCUT2D eigenvalue weighted by atomic mass is 9.90. The van der Waals surface area contributed by atoms with Crippen molar-refractivity contribution in [3.63, 3.8) is 0 Å². The minimum Gasteiger partial charge on any atom is -0.244 e. The van der Waals surface area contributed by atoms with Crippen LogP contribution in [0, 0.1) is 11.3 Å². The summed E-state index contributed by atoms with van der Waals surface area (Å²) >= 11 is 1.72. The molecular formula is C12H16N2S. The van der Waals surface area contributed by atoms with Gasteiger partial charge in [-0.15, -0.1) is 11.3 Å². The number of hydrogen-bond acceptors (Lipinski definition) is 3. The van der Waals surface area contributed by atoms with E-state index < -0.39 is 5.41 Å². The van der Waals surface area contributed by atoms with Crippen molar-refractivity contribution in [2.45, 2.75) is 51.4 Å². The molecule has 0 saturated heterocycles. The molecule has 2 rings (SSSR count). The van der Waals surface area contributed by atoms with Crippen LogP contribution < -0.4 is 0 Å². The summed E-state index contributed by atoms with van der Waals surface area (Å²) in [5.41, 5.74) is 0.992. The topological polar surface area (TPSA) is 36.7 Å². The van der Waals surface area contributed by atoms with Crippen molar-refractivity contribution in [2.75, 3.05) is 0 Å². The monoisotopic (exact) mass is 220 g/mol. The van der Waals surface area contributed by atoms with Crippen LogP contribution in [-0.2, 0) is 17.3 Å². The molecule has 0 fully saturated rings.